The first-order valence-corrected chi connectivity index (χ1v) is 6.49. The van der Waals surface area contributed by atoms with Gasteiger partial charge in [0, 0.05) is 5.56 Å². The normalized spacial score (nSPS) is 10.5. The maximum absolute atomic E-state index is 10.9. The molecule has 0 saturated heterocycles. The number of methoxy groups -OCH3 is 2. The van der Waals surface area contributed by atoms with E-state index in [0.717, 1.165) is 5.56 Å². The van der Waals surface area contributed by atoms with E-state index in [9.17, 15) is 4.79 Å². The topological polar surface area (TPSA) is 80.2 Å². The standard InChI is InChI=1S/C16H16N2O4/c1-21-14-8-4-6-12(15(14)22-2)10-17-18-13-7-3-5-11(9-13)16(19)20/h3-10,18H,1-2H3,(H,19,20)/b17-10-. The molecule has 22 heavy (non-hydrogen) atoms. The van der Waals surface area contributed by atoms with Crippen molar-refractivity contribution in [3.05, 3.63) is 53.6 Å². The first kappa shape index (κ1) is 15.4. The summed E-state index contributed by atoms with van der Waals surface area (Å²) in [5.41, 5.74) is 4.30. The molecule has 0 bridgehead atoms. The number of hydrazone groups is 1. The van der Waals surface area contributed by atoms with Crippen molar-refractivity contribution in [2.45, 2.75) is 0 Å². The first-order chi connectivity index (χ1) is 10.7. The summed E-state index contributed by atoms with van der Waals surface area (Å²) in [6, 6.07) is 11.8. The summed E-state index contributed by atoms with van der Waals surface area (Å²) in [7, 11) is 3.12. The predicted molar refractivity (Wildman–Crippen MR) is 84.2 cm³/mol. The van der Waals surface area contributed by atoms with Gasteiger partial charge in [-0.3, -0.25) is 5.43 Å². The highest BCUT2D eigenvalue weighted by atomic mass is 16.5. The third-order valence-electron chi connectivity index (χ3n) is 2.94. The molecule has 114 valence electrons. The summed E-state index contributed by atoms with van der Waals surface area (Å²) < 4.78 is 10.5. The van der Waals surface area contributed by atoms with E-state index in [0.29, 0.717) is 17.2 Å². The Kier molecular flexibility index (Phi) is 4.98. The Hall–Kier alpha value is -3.02. The molecule has 2 aromatic rings. The summed E-state index contributed by atoms with van der Waals surface area (Å²) in [6.45, 7) is 0. The van der Waals surface area contributed by atoms with Gasteiger partial charge in [-0.05, 0) is 30.3 Å². The maximum atomic E-state index is 10.9. The number of rotatable bonds is 6. The SMILES string of the molecule is COc1cccc(/C=N\Nc2cccc(C(=O)O)c2)c1OC. The molecule has 2 aromatic carbocycles. The molecular weight excluding hydrogens is 284 g/mol. The maximum Gasteiger partial charge on any atom is 0.335 e. The quantitative estimate of drug-likeness (QED) is 0.633. The smallest absolute Gasteiger partial charge is 0.335 e. The zero-order valence-electron chi connectivity index (χ0n) is 12.2. The fraction of sp³-hybridized carbons (Fsp3) is 0.125. The van der Waals surface area contributed by atoms with Crippen LogP contribution in [0, 0.1) is 0 Å². The number of carbonyl (C=O) groups is 1. The molecule has 0 aliphatic carbocycles. The van der Waals surface area contributed by atoms with Gasteiger partial charge in [-0.2, -0.15) is 5.10 Å². The monoisotopic (exact) mass is 300 g/mol. The Labute approximate surface area is 128 Å². The second kappa shape index (κ2) is 7.12. The number of anilines is 1. The highest BCUT2D eigenvalue weighted by Crippen LogP contribution is 2.29. The van der Waals surface area contributed by atoms with Crippen LogP contribution in [0.25, 0.3) is 0 Å². The molecular formula is C16H16N2O4. The zero-order chi connectivity index (χ0) is 15.9. The van der Waals surface area contributed by atoms with Gasteiger partial charge in [-0.25, -0.2) is 4.79 Å². The van der Waals surface area contributed by atoms with Crippen LogP contribution in [-0.4, -0.2) is 31.5 Å². The lowest BCUT2D eigenvalue weighted by atomic mass is 10.2. The minimum absolute atomic E-state index is 0.194. The van der Waals surface area contributed by atoms with Gasteiger partial charge < -0.3 is 14.6 Å². The molecule has 2 rings (SSSR count). The van der Waals surface area contributed by atoms with Gasteiger partial charge in [0.15, 0.2) is 11.5 Å². The van der Waals surface area contributed by atoms with Crippen molar-refractivity contribution < 1.29 is 19.4 Å². The second-order valence-corrected chi connectivity index (χ2v) is 4.34. The van der Waals surface area contributed by atoms with Crippen LogP contribution in [0.1, 0.15) is 15.9 Å². The molecule has 2 N–H and O–H groups in total. The Balaban J connectivity index is 2.16. The van der Waals surface area contributed by atoms with E-state index < -0.39 is 5.97 Å². The molecule has 0 amide bonds. The van der Waals surface area contributed by atoms with Crippen LogP contribution in [0.15, 0.2) is 47.6 Å². The fourth-order valence-corrected chi connectivity index (χ4v) is 1.91. The third kappa shape index (κ3) is 3.54. The van der Waals surface area contributed by atoms with Crippen LogP contribution in [0.3, 0.4) is 0 Å². The molecule has 0 aliphatic rings. The van der Waals surface area contributed by atoms with E-state index in [1.165, 1.54) is 12.1 Å². The summed E-state index contributed by atoms with van der Waals surface area (Å²) in [4.78, 5) is 10.9. The summed E-state index contributed by atoms with van der Waals surface area (Å²) in [6.07, 6.45) is 1.58. The van der Waals surface area contributed by atoms with Crippen molar-refractivity contribution in [1.29, 1.82) is 0 Å². The minimum Gasteiger partial charge on any atom is -0.493 e. The first-order valence-electron chi connectivity index (χ1n) is 6.49. The molecule has 0 heterocycles. The van der Waals surface area contributed by atoms with Crippen LogP contribution in [0.5, 0.6) is 11.5 Å². The lowest BCUT2D eigenvalue weighted by Crippen LogP contribution is -1.99. The Bertz CT molecular complexity index is 698. The van der Waals surface area contributed by atoms with Crippen molar-refractivity contribution in [2.75, 3.05) is 19.6 Å². The van der Waals surface area contributed by atoms with Crippen LogP contribution in [-0.2, 0) is 0 Å². The number of para-hydroxylation sites is 1. The van der Waals surface area contributed by atoms with E-state index in [1.807, 2.05) is 12.1 Å². The van der Waals surface area contributed by atoms with Crippen molar-refractivity contribution in [2.24, 2.45) is 5.10 Å². The van der Waals surface area contributed by atoms with Crippen LogP contribution < -0.4 is 14.9 Å². The predicted octanol–water partition coefficient (Wildman–Crippen LogP) is 2.85. The third-order valence-corrected chi connectivity index (χ3v) is 2.94. The van der Waals surface area contributed by atoms with E-state index >= 15 is 0 Å². The number of nitrogens with one attached hydrogen (secondary N) is 1. The van der Waals surface area contributed by atoms with Gasteiger partial charge in [0.2, 0.25) is 0 Å². The molecule has 0 spiro atoms. The summed E-state index contributed by atoms with van der Waals surface area (Å²) in [5.74, 6) is 0.205. The second-order valence-electron chi connectivity index (χ2n) is 4.34. The minimum atomic E-state index is -0.984. The fourth-order valence-electron chi connectivity index (χ4n) is 1.91. The largest absolute Gasteiger partial charge is 0.493 e. The number of hydrogen-bond acceptors (Lipinski definition) is 5. The van der Waals surface area contributed by atoms with Crippen molar-refractivity contribution in [1.82, 2.24) is 0 Å². The number of benzene rings is 2. The van der Waals surface area contributed by atoms with E-state index in [4.69, 9.17) is 14.6 Å². The van der Waals surface area contributed by atoms with E-state index in [-0.39, 0.29) is 5.56 Å². The summed E-state index contributed by atoms with van der Waals surface area (Å²) in [5, 5.41) is 13.0. The van der Waals surface area contributed by atoms with Crippen molar-refractivity contribution in [3.8, 4) is 11.5 Å². The molecule has 0 saturated carbocycles. The van der Waals surface area contributed by atoms with Gasteiger partial charge in [-0.1, -0.05) is 12.1 Å². The number of aromatic carboxylic acids is 1. The number of nitrogens with zero attached hydrogens (tertiary/aromatic N) is 1. The molecule has 0 fully saturated rings. The van der Waals surface area contributed by atoms with Crippen molar-refractivity contribution >= 4 is 17.9 Å². The molecule has 0 aromatic heterocycles. The molecule has 0 atom stereocenters. The Morgan fingerprint density at radius 2 is 1.95 bits per heavy atom. The average Bonchev–Trinajstić information content (AvgIpc) is 2.54. The number of carboxylic acid groups (broad SMARTS) is 1. The van der Waals surface area contributed by atoms with Gasteiger partial charge in [0.05, 0.1) is 31.7 Å². The van der Waals surface area contributed by atoms with E-state index in [1.54, 1.807) is 38.6 Å². The Morgan fingerprint density at radius 1 is 1.18 bits per heavy atom. The number of ether oxygens (including phenoxy) is 2. The zero-order valence-corrected chi connectivity index (χ0v) is 12.2. The highest BCUT2D eigenvalue weighted by Gasteiger charge is 2.07. The Morgan fingerprint density at radius 3 is 2.64 bits per heavy atom. The molecule has 0 unspecified atom stereocenters. The van der Waals surface area contributed by atoms with Gasteiger partial charge >= 0.3 is 5.97 Å². The summed E-state index contributed by atoms with van der Waals surface area (Å²) >= 11 is 0. The molecule has 0 radical (unpaired) electrons. The molecule has 6 heteroatoms. The van der Waals surface area contributed by atoms with Crippen LogP contribution in [0.2, 0.25) is 0 Å². The van der Waals surface area contributed by atoms with Gasteiger partial charge in [0.1, 0.15) is 0 Å². The lowest BCUT2D eigenvalue weighted by Gasteiger charge is -2.09. The van der Waals surface area contributed by atoms with Crippen molar-refractivity contribution in [3.63, 3.8) is 0 Å². The lowest BCUT2D eigenvalue weighted by molar-refractivity contribution is 0.0697. The van der Waals surface area contributed by atoms with Gasteiger partial charge in [-0.15, -0.1) is 0 Å². The van der Waals surface area contributed by atoms with Crippen LogP contribution >= 0.6 is 0 Å². The molecule has 6 nitrogen and oxygen atoms in total. The van der Waals surface area contributed by atoms with Crippen LogP contribution in [0.4, 0.5) is 5.69 Å². The highest BCUT2D eigenvalue weighted by molar-refractivity contribution is 5.89. The number of hydrogen-bond donors (Lipinski definition) is 2. The average molecular weight is 300 g/mol. The van der Waals surface area contributed by atoms with Gasteiger partial charge in [0.25, 0.3) is 0 Å². The molecule has 0 aliphatic heterocycles. The van der Waals surface area contributed by atoms with E-state index in [2.05, 4.69) is 10.5 Å². The number of carboxylic acids is 1.